The molecule has 0 saturated heterocycles. The molecule has 0 spiro atoms. The SMILES string of the molecule is CNC(=O)c1cccc(-c2cccnc2[C@H](Cc2cc(F)cc(F)c2)NC(=O)Cc2cccc(Cl)c2)c1. The molecule has 0 radical (unpaired) electrons. The molecule has 0 aliphatic rings. The lowest BCUT2D eigenvalue weighted by atomic mass is 9.94. The quantitative estimate of drug-likeness (QED) is 0.314. The summed E-state index contributed by atoms with van der Waals surface area (Å²) in [6.07, 6.45) is 1.74. The topological polar surface area (TPSA) is 71.1 Å². The van der Waals surface area contributed by atoms with Crippen molar-refractivity contribution in [3.63, 3.8) is 0 Å². The Balaban J connectivity index is 1.72. The number of carbonyl (C=O) groups is 2. The molecular formula is C29H24ClF2N3O2. The molecule has 4 rings (SSSR count). The number of nitrogens with zero attached hydrogens (tertiary/aromatic N) is 1. The van der Waals surface area contributed by atoms with Crippen LogP contribution in [0.2, 0.25) is 5.02 Å². The molecule has 1 aromatic heterocycles. The molecule has 5 nitrogen and oxygen atoms in total. The summed E-state index contributed by atoms with van der Waals surface area (Å²) in [4.78, 5) is 29.8. The van der Waals surface area contributed by atoms with Gasteiger partial charge in [-0.15, -0.1) is 0 Å². The zero-order valence-corrected chi connectivity index (χ0v) is 20.7. The Morgan fingerprint density at radius 2 is 1.68 bits per heavy atom. The van der Waals surface area contributed by atoms with Gasteiger partial charge in [0.15, 0.2) is 0 Å². The van der Waals surface area contributed by atoms with Gasteiger partial charge in [0.25, 0.3) is 5.91 Å². The van der Waals surface area contributed by atoms with Crippen molar-refractivity contribution in [2.24, 2.45) is 0 Å². The van der Waals surface area contributed by atoms with Gasteiger partial charge in [-0.05, 0) is 65.6 Å². The average Bonchev–Trinajstić information content (AvgIpc) is 2.87. The fraction of sp³-hybridized carbons (Fsp3) is 0.138. The third-order valence-electron chi connectivity index (χ3n) is 5.78. The molecular weight excluding hydrogens is 496 g/mol. The molecule has 188 valence electrons. The van der Waals surface area contributed by atoms with Crippen LogP contribution in [0.5, 0.6) is 0 Å². The van der Waals surface area contributed by atoms with E-state index < -0.39 is 17.7 Å². The second kappa shape index (κ2) is 11.8. The maximum absolute atomic E-state index is 14.0. The van der Waals surface area contributed by atoms with Gasteiger partial charge in [-0.2, -0.15) is 0 Å². The van der Waals surface area contributed by atoms with Gasteiger partial charge in [-0.3, -0.25) is 14.6 Å². The number of halogens is 3. The zero-order valence-electron chi connectivity index (χ0n) is 20.0. The summed E-state index contributed by atoms with van der Waals surface area (Å²) in [5, 5.41) is 6.09. The molecule has 37 heavy (non-hydrogen) atoms. The van der Waals surface area contributed by atoms with Gasteiger partial charge in [0.05, 0.1) is 18.2 Å². The number of nitrogens with one attached hydrogen (secondary N) is 2. The molecule has 0 fully saturated rings. The number of pyridine rings is 1. The minimum atomic E-state index is -0.715. The maximum Gasteiger partial charge on any atom is 0.251 e. The van der Waals surface area contributed by atoms with E-state index in [1.807, 2.05) is 12.1 Å². The Hall–Kier alpha value is -4.10. The van der Waals surface area contributed by atoms with Crippen LogP contribution in [0.1, 0.15) is 33.2 Å². The van der Waals surface area contributed by atoms with Crippen molar-refractivity contribution < 1.29 is 18.4 Å². The fourth-order valence-electron chi connectivity index (χ4n) is 4.17. The first kappa shape index (κ1) is 26.0. The lowest BCUT2D eigenvalue weighted by molar-refractivity contribution is -0.121. The molecule has 1 atom stereocenters. The number of amides is 2. The predicted molar refractivity (Wildman–Crippen MR) is 139 cm³/mol. The van der Waals surface area contributed by atoms with E-state index in [0.717, 1.165) is 11.6 Å². The van der Waals surface area contributed by atoms with E-state index in [1.165, 1.54) is 12.1 Å². The van der Waals surface area contributed by atoms with Crippen LogP contribution in [0.15, 0.2) is 85.1 Å². The molecule has 0 bridgehead atoms. The summed E-state index contributed by atoms with van der Waals surface area (Å²) < 4.78 is 27.9. The van der Waals surface area contributed by atoms with Crippen LogP contribution >= 0.6 is 11.6 Å². The first-order valence-corrected chi connectivity index (χ1v) is 12.0. The highest BCUT2D eigenvalue weighted by Crippen LogP contribution is 2.30. The zero-order chi connectivity index (χ0) is 26.4. The van der Waals surface area contributed by atoms with Crippen molar-refractivity contribution in [2.45, 2.75) is 18.9 Å². The number of hydrogen-bond acceptors (Lipinski definition) is 3. The van der Waals surface area contributed by atoms with Crippen molar-refractivity contribution in [3.8, 4) is 11.1 Å². The highest BCUT2D eigenvalue weighted by Gasteiger charge is 2.22. The summed E-state index contributed by atoms with van der Waals surface area (Å²) in [6.45, 7) is 0. The molecule has 0 unspecified atom stereocenters. The van der Waals surface area contributed by atoms with Crippen molar-refractivity contribution in [2.75, 3.05) is 7.05 Å². The summed E-state index contributed by atoms with van der Waals surface area (Å²) in [7, 11) is 1.55. The van der Waals surface area contributed by atoms with Crippen LogP contribution in [-0.4, -0.2) is 23.8 Å². The summed E-state index contributed by atoms with van der Waals surface area (Å²) in [6, 6.07) is 20.1. The van der Waals surface area contributed by atoms with E-state index >= 15 is 0 Å². The van der Waals surface area contributed by atoms with Crippen LogP contribution in [-0.2, 0) is 17.6 Å². The number of hydrogen-bond donors (Lipinski definition) is 2. The summed E-state index contributed by atoms with van der Waals surface area (Å²) >= 11 is 6.06. The lowest BCUT2D eigenvalue weighted by Gasteiger charge is -2.22. The lowest BCUT2D eigenvalue weighted by Crippen LogP contribution is -2.32. The van der Waals surface area contributed by atoms with Gasteiger partial charge in [0.2, 0.25) is 5.91 Å². The normalized spacial score (nSPS) is 11.6. The van der Waals surface area contributed by atoms with Gasteiger partial charge in [0.1, 0.15) is 11.6 Å². The first-order chi connectivity index (χ1) is 17.8. The molecule has 0 aliphatic heterocycles. The molecule has 0 aliphatic carbocycles. The van der Waals surface area contributed by atoms with E-state index in [9.17, 15) is 18.4 Å². The molecule has 1 heterocycles. The Labute approximate surface area is 218 Å². The second-order valence-electron chi connectivity index (χ2n) is 8.50. The third-order valence-corrected chi connectivity index (χ3v) is 6.02. The highest BCUT2D eigenvalue weighted by molar-refractivity contribution is 6.30. The van der Waals surface area contributed by atoms with Crippen molar-refractivity contribution >= 4 is 23.4 Å². The molecule has 0 saturated carbocycles. The Morgan fingerprint density at radius 3 is 2.41 bits per heavy atom. The highest BCUT2D eigenvalue weighted by atomic mass is 35.5. The van der Waals surface area contributed by atoms with Gasteiger partial charge in [0, 0.05) is 35.5 Å². The van der Waals surface area contributed by atoms with Gasteiger partial charge >= 0.3 is 0 Å². The largest absolute Gasteiger partial charge is 0.355 e. The van der Waals surface area contributed by atoms with Gasteiger partial charge < -0.3 is 10.6 Å². The summed E-state index contributed by atoms with van der Waals surface area (Å²) in [5.74, 6) is -1.97. The minimum Gasteiger partial charge on any atom is -0.355 e. The molecule has 2 amide bonds. The smallest absolute Gasteiger partial charge is 0.251 e. The fourth-order valence-corrected chi connectivity index (χ4v) is 4.38. The van der Waals surface area contributed by atoms with Crippen LogP contribution in [0.3, 0.4) is 0 Å². The van der Waals surface area contributed by atoms with Crippen LogP contribution in [0.25, 0.3) is 11.1 Å². The van der Waals surface area contributed by atoms with Crippen molar-refractivity contribution in [3.05, 3.63) is 124 Å². The molecule has 4 aromatic rings. The van der Waals surface area contributed by atoms with E-state index in [0.29, 0.717) is 33.0 Å². The Morgan fingerprint density at radius 1 is 0.919 bits per heavy atom. The number of rotatable bonds is 8. The molecule has 8 heteroatoms. The van der Waals surface area contributed by atoms with Crippen molar-refractivity contribution in [1.29, 1.82) is 0 Å². The molecule has 2 N–H and O–H groups in total. The monoisotopic (exact) mass is 519 g/mol. The number of benzene rings is 3. The maximum atomic E-state index is 14.0. The molecule has 3 aromatic carbocycles. The van der Waals surface area contributed by atoms with E-state index in [-0.39, 0.29) is 24.7 Å². The third kappa shape index (κ3) is 6.77. The van der Waals surface area contributed by atoms with E-state index in [4.69, 9.17) is 11.6 Å². The van der Waals surface area contributed by atoms with Crippen LogP contribution < -0.4 is 10.6 Å². The second-order valence-corrected chi connectivity index (χ2v) is 8.94. The Bertz CT molecular complexity index is 1420. The summed E-state index contributed by atoms with van der Waals surface area (Å²) in [5.41, 5.74) is 3.44. The van der Waals surface area contributed by atoms with Crippen molar-refractivity contribution in [1.82, 2.24) is 15.6 Å². The van der Waals surface area contributed by atoms with Crippen LogP contribution in [0, 0.1) is 11.6 Å². The van der Waals surface area contributed by atoms with Gasteiger partial charge in [-0.1, -0.05) is 41.9 Å². The van der Waals surface area contributed by atoms with Crippen LogP contribution in [0.4, 0.5) is 8.78 Å². The van der Waals surface area contributed by atoms with E-state index in [1.54, 1.807) is 61.8 Å². The number of aromatic nitrogens is 1. The average molecular weight is 520 g/mol. The van der Waals surface area contributed by atoms with Gasteiger partial charge in [-0.25, -0.2) is 8.78 Å². The minimum absolute atomic E-state index is 0.0584. The standard InChI is InChI=1S/C29H24ClF2N3O2/c1-33-29(37)21-7-3-6-20(16-21)25-9-4-10-34-28(25)26(14-19-12-23(31)17-24(32)13-19)35-27(36)15-18-5-2-8-22(30)11-18/h2-13,16-17,26H,14-15H2,1H3,(H,33,37)(H,35,36)/t26-/m0/s1. The Kier molecular flexibility index (Phi) is 8.25. The van der Waals surface area contributed by atoms with E-state index in [2.05, 4.69) is 15.6 Å². The first-order valence-electron chi connectivity index (χ1n) is 11.6. The number of carbonyl (C=O) groups excluding carboxylic acids is 2. The predicted octanol–water partition coefficient (Wildman–Crippen LogP) is 5.68.